The van der Waals surface area contributed by atoms with Crippen LogP contribution in [0.25, 0.3) is 0 Å². The van der Waals surface area contributed by atoms with Crippen molar-refractivity contribution in [1.29, 1.82) is 0 Å². The number of rotatable bonds is 9. The summed E-state index contributed by atoms with van der Waals surface area (Å²) in [5, 5.41) is 5.75. The summed E-state index contributed by atoms with van der Waals surface area (Å²) >= 11 is 0. The molecule has 1 aliphatic carbocycles. The third-order valence-corrected chi connectivity index (χ3v) is 9.47. The van der Waals surface area contributed by atoms with Gasteiger partial charge in [0.15, 0.2) is 0 Å². The molecule has 12 nitrogen and oxygen atoms in total. The number of benzene rings is 2. The van der Waals surface area contributed by atoms with Crippen molar-refractivity contribution in [3.63, 3.8) is 0 Å². The monoisotopic (exact) mass is 683 g/mol. The van der Waals surface area contributed by atoms with Gasteiger partial charge in [-0.3, -0.25) is 24.0 Å². The van der Waals surface area contributed by atoms with E-state index >= 15 is 0 Å². The van der Waals surface area contributed by atoms with E-state index in [1.54, 1.807) is 45.0 Å². The highest BCUT2D eigenvalue weighted by molar-refractivity contribution is 5.98. The summed E-state index contributed by atoms with van der Waals surface area (Å²) in [5.74, 6) is -3.06. The van der Waals surface area contributed by atoms with Gasteiger partial charge >= 0.3 is 5.97 Å². The topological polar surface area (TPSA) is 170 Å². The normalized spacial score (nSPS) is 19.8. The Morgan fingerprint density at radius 3 is 2.26 bits per heavy atom. The highest BCUT2D eigenvalue weighted by atomic mass is 16.6. The van der Waals surface area contributed by atoms with E-state index in [0.29, 0.717) is 49.0 Å². The largest absolute Gasteiger partial charge is 0.458 e. The molecule has 0 bridgehead atoms. The van der Waals surface area contributed by atoms with Crippen LogP contribution < -0.4 is 21.9 Å². The van der Waals surface area contributed by atoms with E-state index < -0.39 is 53.1 Å². The van der Waals surface area contributed by atoms with E-state index in [0.717, 1.165) is 0 Å². The molecule has 0 unspecified atom stereocenters. The van der Waals surface area contributed by atoms with Crippen molar-refractivity contribution in [2.45, 2.75) is 81.9 Å². The molecule has 264 valence electrons. The van der Waals surface area contributed by atoms with Crippen molar-refractivity contribution in [3.05, 3.63) is 106 Å². The van der Waals surface area contributed by atoms with Crippen LogP contribution in [-0.4, -0.2) is 69.8 Å². The summed E-state index contributed by atoms with van der Waals surface area (Å²) in [7, 11) is 1.59. The SMILES string of the molecule is Cn1cccc(C(=O)NC2CCN(C(=O)[C@H]3CC[C@@](C(=O)N[C@@H](CC(N)=O)C(=O)OC(C)(C)C)(c4ccccc4)c4ccccc43)CC2)c1=O. The summed E-state index contributed by atoms with van der Waals surface area (Å²) < 4.78 is 6.88. The predicted octanol–water partition coefficient (Wildman–Crippen LogP) is 2.67. The molecule has 1 fully saturated rings. The number of carbonyl (C=O) groups is 5. The Balaban J connectivity index is 1.38. The molecule has 12 heteroatoms. The number of amides is 4. The Labute approximate surface area is 291 Å². The summed E-state index contributed by atoms with van der Waals surface area (Å²) in [6, 6.07) is 18.2. The number of ether oxygens (including phenoxy) is 1. The molecular weight excluding hydrogens is 638 g/mol. The molecule has 1 saturated heterocycles. The first-order valence-corrected chi connectivity index (χ1v) is 16.9. The maximum Gasteiger partial charge on any atom is 0.329 e. The number of fused-ring (bicyclic) bond motifs is 1. The van der Waals surface area contributed by atoms with Crippen molar-refractivity contribution in [1.82, 2.24) is 20.1 Å². The van der Waals surface area contributed by atoms with Gasteiger partial charge in [0.2, 0.25) is 17.7 Å². The van der Waals surface area contributed by atoms with Crippen LogP contribution >= 0.6 is 0 Å². The number of aryl methyl sites for hydroxylation is 1. The first kappa shape index (κ1) is 36.0. The molecule has 5 rings (SSSR count). The van der Waals surface area contributed by atoms with E-state index in [1.807, 2.05) is 54.6 Å². The fourth-order valence-electron chi connectivity index (χ4n) is 7.03. The Morgan fingerprint density at radius 1 is 0.940 bits per heavy atom. The Bertz CT molecular complexity index is 1820. The average molecular weight is 684 g/mol. The zero-order chi connectivity index (χ0) is 36.2. The number of likely N-dealkylation sites (tertiary alicyclic amines) is 1. The Hall–Kier alpha value is -5.26. The molecular formula is C38H45N5O7. The van der Waals surface area contributed by atoms with Gasteiger partial charge in [-0.1, -0.05) is 54.6 Å². The van der Waals surface area contributed by atoms with Gasteiger partial charge in [-0.25, -0.2) is 4.79 Å². The standard InChI is InChI=1S/C38H45N5O7/c1-37(2,3)50-35(48)30(23-31(39)44)41-36(49)38(24-11-6-5-7-12-24)19-16-27(26-13-8-9-15-29(26)38)34(47)43-21-17-25(18-22-43)40-32(45)28-14-10-20-42(4)33(28)46/h5-15,20,25,27,30H,16-19,21-23H2,1-4H3,(H2,39,44)(H,40,45)(H,41,49)/t27-,30-,38+/m0/s1. The number of nitrogens with zero attached hydrogens (tertiary/aromatic N) is 2. The summed E-state index contributed by atoms with van der Waals surface area (Å²) in [5.41, 5.74) is 5.08. The lowest BCUT2D eigenvalue weighted by molar-refractivity contribution is -0.159. The van der Waals surface area contributed by atoms with Crippen molar-refractivity contribution < 1.29 is 28.7 Å². The molecule has 3 aromatic rings. The van der Waals surface area contributed by atoms with Crippen LogP contribution in [0.15, 0.2) is 77.7 Å². The van der Waals surface area contributed by atoms with E-state index in [9.17, 15) is 28.8 Å². The highest BCUT2D eigenvalue weighted by Gasteiger charge is 2.50. The second-order valence-corrected chi connectivity index (χ2v) is 14.1. The number of esters is 1. The van der Waals surface area contributed by atoms with Crippen molar-refractivity contribution >= 4 is 29.6 Å². The fraction of sp³-hybridized carbons (Fsp3) is 0.421. The number of carbonyl (C=O) groups excluding carboxylic acids is 5. The number of aromatic nitrogens is 1. The van der Waals surface area contributed by atoms with E-state index in [-0.39, 0.29) is 29.5 Å². The van der Waals surface area contributed by atoms with Crippen LogP contribution in [0.3, 0.4) is 0 Å². The third kappa shape index (κ3) is 7.64. The minimum absolute atomic E-state index is 0.0680. The molecule has 0 radical (unpaired) electrons. The van der Waals surface area contributed by atoms with Crippen LogP contribution in [0, 0.1) is 0 Å². The fourth-order valence-corrected chi connectivity index (χ4v) is 7.03. The first-order chi connectivity index (χ1) is 23.7. The number of pyridine rings is 1. The molecule has 0 spiro atoms. The second kappa shape index (κ2) is 14.7. The predicted molar refractivity (Wildman–Crippen MR) is 186 cm³/mol. The van der Waals surface area contributed by atoms with Crippen molar-refractivity contribution in [3.8, 4) is 0 Å². The zero-order valence-corrected chi connectivity index (χ0v) is 28.9. The van der Waals surface area contributed by atoms with E-state index in [4.69, 9.17) is 10.5 Å². The number of nitrogens with two attached hydrogens (primary N) is 1. The van der Waals surface area contributed by atoms with Crippen LogP contribution in [0.5, 0.6) is 0 Å². The lowest BCUT2D eigenvalue weighted by Crippen LogP contribution is -2.55. The number of piperidine rings is 1. The Kier molecular flexibility index (Phi) is 10.6. The minimum atomic E-state index is -1.31. The van der Waals surface area contributed by atoms with Crippen molar-refractivity contribution in [2.24, 2.45) is 12.8 Å². The van der Waals surface area contributed by atoms with E-state index in [2.05, 4.69) is 10.6 Å². The molecule has 0 saturated carbocycles. The van der Waals surface area contributed by atoms with Gasteiger partial charge in [-0.05, 0) is 75.3 Å². The van der Waals surface area contributed by atoms with Gasteiger partial charge < -0.3 is 30.6 Å². The smallest absolute Gasteiger partial charge is 0.329 e. The van der Waals surface area contributed by atoms with Gasteiger partial charge in [-0.15, -0.1) is 0 Å². The number of hydrogen-bond donors (Lipinski definition) is 3. The van der Waals surface area contributed by atoms with Gasteiger partial charge in [0, 0.05) is 32.4 Å². The zero-order valence-electron chi connectivity index (χ0n) is 28.9. The highest BCUT2D eigenvalue weighted by Crippen LogP contribution is 2.48. The molecule has 1 aliphatic heterocycles. The summed E-state index contributed by atoms with van der Waals surface area (Å²) in [6.07, 6.45) is 2.81. The number of primary amides is 1. The average Bonchev–Trinajstić information content (AvgIpc) is 3.08. The number of hydrogen-bond acceptors (Lipinski definition) is 7. The minimum Gasteiger partial charge on any atom is -0.458 e. The van der Waals surface area contributed by atoms with Crippen LogP contribution in [0.1, 0.15) is 85.8 Å². The maximum atomic E-state index is 14.6. The summed E-state index contributed by atoms with van der Waals surface area (Å²) in [6.45, 7) is 5.93. The number of nitrogens with one attached hydrogen (secondary N) is 2. The van der Waals surface area contributed by atoms with Gasteiger partial charge in [0.1, 0.15) is 17.2 Å². The lowest BCUT2D eigenvalue weighted by atomic mass is 9.62. The molecule has 2 heterocycles. The van der Waals surface area contributed by atoms with Gasteiger partial charge in [-0.2, -0.15) is 0 Å². The molecule has 2 aliphatic rings. The van der Waals surface area contributed by atoms with Gasteiger partial charge in [0.25, 0.3) is 11.5 Å². The Morgan fingerprint density at radius 2 is 1.60 bits per heavy atom. The van der Waals surface area contributed by atoms with Crippen LogP contribution in [0.4, 0.5) is 0 Å². The van der Waals surface area contributed by atoms with Crippen LogP contribution in [-0.2, 0) is 36.4 Å². The quantitative estimate of drug-likeness (QED) is 0.291. The maximum absolute atomic E-state index is 14.6. The second-order valence-electron chi connectivity index (χ2n) is 14.1. The molecule has 2 aromatic carbocycles. The molecule has 1 aromatic heterocycles. The molecule has 4 amide bonds. The molecule has 3 atom stereocenters. The molecule has 50 heavy (non-hydrogen) atoms. The van der Waals surface area contributed by atoms with Gasteiger partial charge in [0.05, 0.1) is 17.8 Å². The first-order valence-electron chi connectivity index (χ1n) is 16.9. The third-order valence-electron chi connectivity index (χ3n) is 9.47. The lowest BCUT2D eigenvalue weighted by Gasteiger charge is -2.43. The van der Waals surface area contributed by atoms with Crippen molar-refractivity contribution in [2.75, 3.05) is 13.1 Å². The van der Waals surface area contributed by atoms with Crippen LogP contribution in [0.2, 0.25) is 0 Å². The summed E-state index contributed by atoms with van der Waals surface area (Å²) in [4.78, 5) is 81.0. The van der Waals surface area contributed by atoms with E-state index in [1.165, 1.54) is 10.6 Å². The molecule has 4 N–H and O–H groups in total.